The van der Waals surface area contributed by atoms with Crippen molar-refractivity contribution in [1.82, 2.24) is 0 Å². The Hall–Kier alpha value is -1.26. The van der Waals surface area contributed by atoms with Crippen molar-refractivity contribution < 1.29 is 18.9 Å². The van der Waals surface area contributed by atoms with E-state index in [0.717, 1.165) is 42.5 Å². The summed E-state index contributed by atoms with van der Waals surface area (Å²) in [5, 5.41) is 0. The second kappa shape index (κ2) is 6.12. The quantitative estimate of drug-likeness (QED) is 0.680. The zero-order chi connectivity index (χ0) is 18.0. The molecule has 2 aliphatic heterocycles. The molecule has 27 heavy (non-hydrogen) atoms. The van der Waals surface area contributed by atoms with E-state index in [1.807, 2.05) is 0 Å². The Morgan fingerprint density at radius 1 is 0.889 bits per heavy atom. The van der Waals surface area contributed by atoms with Gasteiger partial charge < -0.3 is 18.9 Å². The molecule has 2 unspecified atom stereocenters. The zero-order valence-electron chi connectivity index (χ0n) is 16.2. The SMILES string of the molecule is Cc1ccc(OCC2CO2)c(OCC2CO2)c1C12CC3CC(CC(C3)C1)C2. The van der Waals surface area contributed by atoms with Gasteiger partial charge in [-0.25, -0.2) is 0 Å². The molecular formula is C23H30O4. The van der Waals surface area contributed by atoms with E-state index in [-0.39, 0.29) is 12.2 Å². The summed E-state index contributed by atoms with van der Waals surface area (Å²) in [6.45, 7) is 5.17. The van der Waals surface area contributed by atoms with E-state index in [1.165, 1.54) is 49.7 Å². The molecule has 4 aliphatic carbocycles. The third-order valence-corrected chi connectivity index (χ3v) is 7.54. The molecule has 4 nitrogen and oxygen atoms in total. The van der Waals surface area contributed by atoms with Crippen LogP contribution in [0.3, 0.4) is 0 Å². The van der Waals surface area contributed by atoms with Crippen LogP contribution in [0.25, 0.3) is 0 Å². The smallest absolute Gasteiger partial charge is 0.165 e. The van der Waals surface area contributed by atoms with Crippen LogP contribution in [0.2, 0.25) is 0 Å². The second-order valence-electron chi connectivity index (χ2n) is 9.82. The Labute approximate surface area is 161 Å². The predicted octanol–water partition coefficient (Wildman–Crippen LogP) is 4.02. The standard InChI is InChI=1S/C23H30O4/c1-14-2-3-20(26-12-18-10-24-18)22(27-13-19-11-25-19)21(14)23-7-15-4-16(8-23)6-17(5-15)9-23/h2-3,15-19H,4-13H2,1H3. The second-order valence-corrected chi connectivity index (χ2v) is 9.82. The van der Waals surface area contributed by atoms with Crippen molar-refractivity contribution in [2.24, 2.45) is 17.8 Å². The van der Waals surface area contributed by atoms with Gasteiger partial charge in [0.2, 0.25) is 0 Å². The molecule has 0 amide bonds. The lowest BCUT2D eigenvalue weighted by Crippen LogP contribution is -2.49. The van der Waals surface area contributed by atoms with Crippen LogP contribution in [0.1, 0.15) is 49.7 Å². The molecule has 0 N–H and O–H groups in total. The lowest BCUT2D eigenvalue weighted by Gasteiger charge is -2.57. The van der Waals surface area contributed by atoms with Crippen molar-refractivity contribution in [3.63, 3.8) is 0 Å². The maximum Gasteiger partial charge on any atom is 0.165 e. The van der Waals surface area contributed by atoms with Crippen LogP contribution < -0.4 is 9.47 Å². The average Bonchev–Trinajstić information content (AvgIpc) is 3.52. The van der Waals surface area contributed by atoms with Crippen molar-refractivity contribution in [2.45, 2.75) is 63.1 Å². The van der Waals surface area contributed by atoms with Crippen molar-refractivity contribution in [2.75, 3.05) is 26.4 Å². The van der Waals surface area contributed by atoms with Gasteiger partial charge >= 0.3 is 0 Å². The predicted molar refractivity (Wildman–Crippen MR) is 101 cm³/mol. The van der Waals surface area contributed by atoms with Gasteiger partial charge in [0.05, 0.1) is 13.2 Å². The van der Waals surface area contributed by atoms with Crippen molar-refractivity contribution >= 4 is 0 Å². The minimum absolute atomic E-state index is 0.258. The fraction of sp³-hybridized carbons (Fsp3) is 0.739. The van der Waals surface area contributed by atoms with Gasteiger partial charge in [-0.05, 0) is 74.8 Å². The minimum Gasteiger partial charge on any atom is -0.487 e. The highest BCUT2D eigenvalue weighted by Crippen LogP contribution is 2.63. The topological polar surface area (TPSA) is 43.5 Å². The molecule has 1 aromatic carbocycles. The number of rotatable bonds is 7. The van der Waals surface area contributed by atoms with E-state index in [1.54, 1.807) is 0 Å². The molecule has 2 saturated heterocycles. The summed E-state index contributed by atoms with van der Waals surface area (Å²) in [6.07, 6.45) is 8.91. The van der Waals surface area contributed by atoms with Crippen molar-refractivity contribution in [1.29, 1.82) is 0 Å². The molecule has 7 rings (SSSR count). The van der Waals surface area contributed by atoms with Gasteiger partial charge in [-0.15, -0.1) is 0 Å². The lowest BCUT2D eigenvalue weighted by molar-refractivity contribution is -0.00693. The number of hydrogen-bond donors (Lipinski definition) is 0. The van der Waals surface area contributed by atoms with Gasteiger partial charge in [-0.3, -0.25) is 0 Å². The average molecular weight is 370 g/mol. The Morgan fingerprint density at radius 3 is 2.00 bits per heavy atom. The van der Waals surface area contributed by atoms with Crippen LogP contribution in [0.15, 0.2) is 12.1 Å². The number of benzene rings is 1. The summed E-state index contributed by atoms with van der Waals surface area (Å²) in [7, 11) is 0. The molecule has 0 aromatic heterocycles. The van der Waals surface area contributed by atoms with Crippen molar-refractivity contribution in [3.8, 4) is 11.5 Å². The number of hydrogen-bond acceptors (Lipinski definition) is 4. The van der Waals surface area contributed by atoms with Crippen LogP contribution in [0.4, 0.5) is 0 Å². The van der Waals surface area contributed by atoms with Gasteiger partial charge in [0.1, 0.15) is 25.4 Å². The molecular weight excluding hydrogens is 340 g/mol. The van der Waals surface area contributed by atoms with Gasteiger partial charge in [0.25, 0.3) is 0 Å². The fourth-order valence-electron chi connectivity index (χ4n) is 6.68. The van der Waals surface area contributed by atoms with E-state index in [9.17, 15) is 0 Å². The van der Waals surface area contributed by atoms with Crippen LogP contribution in [0.5, 0.6) is 11.5 Å². The highest BCUT2D eigenvalue weighted by molar-refractivity contribution is 5.55. The highest BCUT2D eigenvalue weighted by atomic mass is 16.6. The molecule has 0 spiro atoms. The largest absolute Gasteiger partial charge is 0.487 e. The Kier molecular flexibility index (Phi) is 3.78. The van der Waals surface area contributed by atoms with Crippen LogP contribution >= 0.6 is 0 Å². The number of epoxide rings is 2. The van der Waals surface area contributed by atoms with E-state index in [0.29, 0.717) is 18.6 Å². The molecule has 6 fully saturated rings. The normalized spacial score (nSPS) is 40.9. The van der Waals surface area contributed by atoms with E-state index in [4.69, 9.17) is 18.9 Å². The van der Waals surface area contributed by atoms with Gasteiger partial charge in [0.15, 0.2) is 11.5 Å². The molecule has 2 heterocycles. The molecule has 4 heteroatoms. The Bertz CT molecular complexity index is 699. The molecule has 1 aromatic rings. The number of aryl methyl sites for hydroxylation is 1. The summed E-state index contributed by atoms with van der Waals surface area (Å²) in [5.74, 6) is 4.66. The first-order valence-electron chi connectivity index (χ1n) is 10.8. The first-order valence-corrected chi connectivity index (χ1v) is 10.8. The summed E-state index contributed by atoms with van der Waals surface area (Å²) in [5.41, 5.74) is 3.13. The van der Waals surface area contributed by atoms with Crippen LogP contribution in [-0.4, -0.2) is 38.6 Å². The van der Waals surface area contributed by atoms with Gasteiger partial charge in [0, 0.05) is 11.0 Å². The van der Waals surface area contributed by atoms with Gasteiger partial charge in [-0.2, -0.15) is 0 Å². The molecule has 2 atom stereocenters. The lowest BCUT2D eigenvalue weighted by atomic mass is 9.47. The van der Waals surface area contributed by atoms with Gasteiger partial charge in [-0.1, -0.05) is 6.07 Å². The first-order chi connectivity index (χ1) is 13.2. The summed E-state index contributed by atoms with van der Waals surface area (Å²) < 4.78 is 23.4. The number of ether oxygens (including phenoxy) is 4. The highest BCUT2D eigenvalue weighted by Gasteiger charge is 2.53. The summed E-state index contributed by atoms with van der Waals surface area (Å²) >= 11 is 0. The minimum atomic E-state index is 0.258. The molecule has 4 saturated carbocycles. The maximum absolute atomic E-state index is 6.42. The molecule has 6 aliphatic rings. The Balaban J connectivity index is 1.39. The monoisotopic (exact) mass is 370 g/mol. The fourth-order valence-corrected chi connectivity index (χ4v) is 6.68. The molecule has 0 radical (unpaired) electrons. The van der Waals surface area contributed by atoms with E-state index >= 15 is 0 Å². The van der Waals surface area contributed by atoms with E-state index < -0.39 is 0 Å². The summed E-state index contributed by atoms with van der Waals surface area (Å²) in [4.78, 5) is 0. The third-order valence-electron chi connectivity index (χ3n) is 7.54. The first kappa shape index (κ1) is 16.7. The third kappa shape index (κ3) is 3.05. The van der Waals surface area contributed by atoms with Crippen LogP contribution in [0, 0.1) is 24.7 Å². The van der Waals surface area contributed by atoms with Crippen molar-refractivity contribution in [3.05, 3.63) is 23.3 Å². The zero-order valence-corrected chi connectivity index (χ0v) is 16.2. The van der Waals surface area contributed by atoms with E-state index in [2.05, 4.69) is 19.1 Å². The Morgan fingerprint density at radius 2 is 1.44 bits per heavy atom. The summed E-state index contributed by atoms with van der Waals surface area (Å²) in [6, 6.07) is 4.35. The van der Waals surface area contributed by atoms with Crippen LogP contribution in [-0.2, 0) is 14.9 Å². The molecule has 146 valence electrons. The molecule has 4 bridgehead atoms. The maximum atomic E-state index is 6.42.